The highest BCUT2D eigenvalue weighted by atomic mass is 16.3. The number of aromatic hydroxyl groups is 1. The lowest BCUT2D eigenvalue weighted by Gasteiger charge is -2.08. The molecule has 2 rings (SSSR count). The van der Waals surface area contributed by atoms with E-state index in [-0.39, 0.29) is 17.4 Å². The second-order valence-electron chi connectivity index (χ2n) is 4.34. The number of carbonyl (C=O) groups is 1. The minimum absolute atomic E-state index is 0.0372. The Morgan fingerprint density at radius 1 is 1.26 bits per heavy atom. The van der Waals surface area contributed by atoms with E-state index in [1.54, 1.807) is 6.20 Å². The zero-order chi connectivity index (χ0) is 13.8. The van der Waals surface area contributed by atoms with Crippen molar-refractivity contribution in [1.82, 2.24) is 15.3 Å². The van der Waals surface area contributed by atoms with E-state index in [2.05, 4.69) is 15.3 Å². The van der Waals surface area contributed by atoms with E-state index in [1.807, 2.05) is 19.9 Å². The Bertz CT molecular complexity index is 594. The summed E-state index contributed by atoms with van der Waals surface area (Å²) in [5.74, 6) is -0.241. The van der Waals surface area contributed by atoms with E-state index in [9.17, 15) is 4.79 Å². The van der Waals surface area contributed by atoms with E-state index in [4.69, 9.17) is 5.11 Å². The van der Waals surface area contributed by atoms with Crippen LogP contribution in [0.15, 0.2) is 30.6 Å². The van der Waals surface area contributed by atoms with Gasteiger partial charge in [0.2, 0.25) is 0 Å². The maximum absolute atomic E-state index is 11.8. The second-order valence-corrected chi connectivity index (χ2v) is 4.34. The van der Waals surface area contributed by atoms with Crippen LogP contribution in [0.1, 0.15) is 27.3 Å². The summed E-state index contributed by atoms with van der Waals surface area (Å²) in [5, 5.41) is 11.9. The maximum Gasteiger partial charge on any atom is 0.270 e. The normalized spacial score (nSPS) is 10.2. The molecule has 5 nitrogen and oxygen atoms in total. The van der Waals surface area contributed by atoms with Gasteiger partial charge in [0.1, 0.15) is 11.4 Å². The molecule has 2 heterocycles. The van der Waals surface area contributed by atoms with Crippen molar-refractivity contribution < 1.29 is 9.90 Å². The van der Waals surface area contributed by atoms with Crippen LogP contribution in [-0.4, -0.2) is 21.0 Å². The molecule has 0 unspecified atom stereocenters. The summed E-state index contributed by atoms with van der Waals surface area (Å²) in [4.78, 5) is 19.9. The Morgan fingerprint density at radius 2 is 2.05 bits per heavy atom. The number of aryl methyl sites for hydroxylation is 2. The molecule has 5 heteroatoms. The molecule has 0 saturated carbocycles. The molecule has 0 aliphatic rings. The lowest BCUT2D eigenvalue weighted by molar-refractivity contribution is 0.0946. The number of pyridine rings is 2. The number of aromatic nitrogens is 2. The standard InChI is InChI=1S/C14H15N3O2/c1-9-5-10(2)15-6-11(9)7-17-14(19)13-4-3-12(18)8-16-13/h3-6,8,18H,7H2,1-2H3,(H,17,19). The number of hydrogen-bond acceptors (Lipinski definition) is 4. The summed E-state index contributed by atoms with van der Waals surface area (Å²) in [7, 11) is 0. The highest BCUT2D eigenvalue weighted by Crippen LogP contribution is 2.09. The van der Waals surface area contributed by atoms with Gasteiger partial charge in [-0.05, 0) is 43.2 Å². The van der Waals surface area contributed by atoms with Gasteiger partial charge < -0.3 is 10.4 Å². The van der Waals surface area contributed by atoms with Crippen LogP contribution in [0, 0.1) is 13.8 Å². The molecule has 0 saturated heterocycles. The number of nitrogens with zero attached hydrogens (tertiary/aromatic N) is 2. The quantitative estimate of drug-likeness (QED) is 0.878. The zero-order valence-electron chi connectivity index (χ0n) is 10.8. The number of amides is 1. The Hall–Kier alpha value is -2.43. The molecular formula is C14H15N3O2. The van der Waals surface area contributed by atoms with Crippen LogP contribution >= 0.6 is 0 Å². The average molecular weight is 257 g/mol. The fraction of sp³-hybridized carbons (Fsp3) is 0.214. The van der Waals surface area contributed by atoms with Crippen LogP contribution in [0.5, 0.6) is 5.75 Å². The van der Waals surface area contributed by atoms with Crippen molar-refractivity contribution in [2.45, 2.75) is 20.4 Å². The zero-order valence-corrected chi connectivity index (χ0v) is 10.8. The first-order valence-electron chi connectivity index (χ1n) is 5.91. The Balaban J connectivity index is 2.02. The van der Waals surface area contributed by atoms with Gasteiger partial charge in [-0.3, -0.25) is 9.78 Å². The van der Waals surface area contributed by atoms with Gasteiger partial charge in [-0.2, -0.15) is 0 Å². The van der Waals surface area contributed by atoms with Crippen molar-refractivity contribution in [1.29, 1.82) is 0 Å². The summed E-state index contributed by atoms with van der Waals surface area (Å²) in [5.41, 5.74) is 3.28. The molecule has 0 radical (unpaired) electrons. The number of rotatable bonds is 3. The molecule has 0 aliphatic carbocycles. The summed E-state index contributed by atoms with van der Waals surface area (Å²) in [6, 6.07) is 4.88. The summed E-state index contributed by atoms with van der Waals surface area (Å²) >= 11 is 0. The van der Waals surface area contributed by atoms with Gasteiger partial charge in [0, 0.05) is 18.4 Å². The SMILES string of the molecule is Cc1cc(C)c(CNC(=O)c2ccc(O)cn2)cn1. The van der Waals surface area contributed by atoms with E-state index in [1.165, 1.54) is 18.3 Å². The molecule has 0 aliphatic heterocycles. The molecule has 2 aromatic heterocycles. The number of carbonyl (C=O) groups excluding carboxylic acids is 1. The van der Waals surface area contributed by atoms with Crippen LogP contribution < -0.4 is 5.32 Å². The third-order valence-electron chi connectivity index (χ3n) is 2.78. The molecule has 98 valence electrons. The first kappa shape index (κ1) is 13.0. The molecular weight excluding hydrogens is 242 g/mol. The molecule has 0 fully saturated rings. The molecule has 19 heavy (non-hydrogen) atoms. The van der Waals surface area contributed by atoms with Crippen LogP contribution in [0.4, 0.5) is 0 Å². The molecule has 0 atom stereocenters. The highest BCUT2D eigenvalue weighted by molar-refractivity contribution is 5.92. The van der Waals surface area contributed by atoms with Crippen molar-refractivity contribution in [2.24, 2.45) is 0 Å². The van der Waals surface area contributed by atoms with Crippen molar-refractivity contribution >= 4 is 5.91 Å². The van der Waals surface area contributed by atoms with Gasteiger partial charge >= 0.3 is 0 Å². The lowest BCUT2D eigenvalue weighted by Crippen LogP contribution is -2.24. The fourth-order valence-electron chi connectivity index (χ4n) is 1.70. The predicted octanol–water partition coefficient (Wildman–Crippen LogP) is 1.73. The van der Waals surface area contributed by atoms with Crippen molar-refractivity contribution in [3.05, 3.63) is 53.1 Å². The van der Waals surface area contributed by atoms with E-state index in [0.29, 0.717) is 6.54 Å². The molecule has 2 N–H and O–H groups in total. The predicted molar refractivity (Wildman–Crippen MR) is 70.8 cm³/mol. The van der Waals surface area contributed by atoms with Gasteiger partial charge in [0.15, 0.2) is 0 Å². The van der Waals surface area contributed by atoms with Crippen molar-refractivity contribution in [3.8, 4) is 5.75 Å². The summed E-state index contributed by atoms with van der Waals surface area (Å²) < 4.78 is 0. The minimum atomic E-state index is -0.278. The Kier molecular flexibility index (Phi) is 3.75. The van der Waals surface area contributed by atoms with E-state index >= 15 is 0 Å². The summed E-state index contributed by atoms with van der Waals surface area (Å²) in [6.45, 7) is 4.31. The third-order valence-corrected chi connectivity index (χ3v) is 2.78. The Morgan fingerprint density at radius 3 is 2.68 bits per heavy atom. The van der Waals surface area contributed by atoms with Gasteiger partial charge in [-0.25, -0.2) is 4.98 Å². The Labute approximate surface area is 111 Å². The average Bonchev–Trinajstić information content (AvgIpc) is 2.38. The molecule has 2 aromatic rings. The van der Waals surface area contributed by atoms with Crippen LogP contribution in [0.2, 0.25) is 0 Å². The molecule has 1 amide bonds. The number of hydrogen-bond donors (Lipinski definition) is 2. The van der Waals surface area contributed by atoms with E-state index < -0.39 is 0 Å². The van der Waals surface area contributed by atoms with Gasteiger partial charge in [-0.15, -0.1) is 0 Å². The topological polar surface area (TPSA) is 75.1 Å². The number of nitrogens with one attached hydrogen (secondary N) is 1. The first-order chi connectivity index (χ1) is 9.06. The highest BCUT2D eigenvalue weighted by Gasteiger charge is 2.07. The van der Waals surface area contributed by atoms with Crippen molar-refractivity contribution in [3.63, 3.8) is 0 Å². The van der Waals surface area contributed by atoms with Gasteiger partial charge in [-0.1, -0.05) is 0 Å². The molecule has 0 spiro atoms. The minimum Gasteiger partial charge on any atom is -0.506 e. The van der Waals surface area contributed by atoms with Crippen molar-refractivity contribution in [2.75, 3.05) is 0 Å². The lowest BCUT2D eigenvalue weighted by atomic mass is 10.1. The summed E-state index contributed by atoms with van der Waals surface area (Å²) in [6.07, 6.45) is 3.00. The fourth-order valence-corrected chi connectivity index (χ4v) is 1.70. The second kappa shape index (κ2) is 5.48. The van der Waals surface area contributed by atoms with Crippen LogP contribution in [0.3, 0.4) is 0 Å². The van der Waals surface area contributed by atoms with E-state index in [0.717, 1.165) is 16.8 Å². The van der Waals surface area contributed by atoms with Crippen LogP contribution in [0.25, 0.3) is 0 Å². The molecule has 0 aromatic carbocycles. The maximum atomic E-state index is 11.8. The monoisotopic (exact) mass is 257 g/mol. The third kappa shape index (κ3) is 3.28. The van der Waals surface area contributed by atoms with Gasteiger partial charge in [0.05, 0.1) is 6.20 Å². The molecule has 0 bridgehead atoms. The smallest absolute Gasteiger partial charge is 0.270 e. The van der Waals surface area contributed by atoms with Gasteiger partial charge in [0.25, 0.3) is 5.91 Å². The first-order valence-corrected chi connectivity index (χ1v) is 5.91. The van der Waals surface area contributed by atoms with Crippen LogP contribution in [-0.2, 0) is 6.54 Å². The largest absolute Gasteiger partial charge is 0.506 e.